The van der Waals surface area contributed by atoms with E-state index < -0.39 is 0 Å². The molecule has 9 heteroatoms. The fourth-order valence-corrected chi connectivity index (χ4v) is 4.37. The van der Waals surface area contributed by atoms with Crippen molar-refractivity contribution in [1.82, 2.24) is 24.1 Å². The van der Waals surface area contributed by atoms with Crippen LogP contribution in [0, 0.1) is 0 Å². The summed E-state index contributed by atoms with van der Waals surface area (Å²) in [5.41, 5.74) is 3.14. The first kappa shape index (κ1) is 21.9. The zero-order valence-corrected chi connectivity index (χ0v) is 19.8. The molecule has 0 unspecified atom stereocenters. The van der Waals surface area contributed by atoms with Gasteiger partial charge in [0.2, 0.25) is 0 Å². The molecule has 0 bridgehead atoms. The minimum absolute atomic E-state index is 0.188. The maximum atomic E-state index is 13.8. The summed E-state index contributed by atoms with van der Waals surface area (Å²) in [6.07, 6.45) is 3.68. The van der Waals surface area contributed by atoms with Crippen LogP contribution in [-0.2, 0) is 16.7 Å². The average Bonchev–Trinajstić information content (AvgIpc) is 3.25. The predicted octanol–water partition coefficient (Wildman–Crippen LogP) is 4.03. The summed E-state index contributed by atoms with van der Waals surface area (Å²) in [4.78, 5) is 18.5. The van der Waals surface area contributed by atoms with Gasteiger partial charge in [-0.2, -0.15) is 0 Å². The van der Waals surface area contributed by atoms with E-state index in [4.69, 9.17) is 21.3 Å². The first-order chi connectivity index (χ1) is 15.8. The number of fused-ring (bicyclic) bond motifs is 3. The van der Waals surface area contributed by atoms with Crippen molar-refractivity contribution in [3.63, 3.8) is 0 Å². The summed E-state index contributed by atoms with van der Waals surface area (Å²) >= 11 is 6.07. The van der Waals surface area contributed by atoms with Crippen LogP contribution >= 0.6 is 11.6 Å². The van der Waals surface area contributed by atoms with Gasteiger partial charge in [0.1, 0.15) is 11.3 Å². The lowest BCUT2D eigenvalue weighted by Gasteiger charge is -2.24. The molecule has 8 nitrogen and oxygen atoms in total. The molecule has 0 amide bonds. The number of ether oxygens (including phenoxy) is 1. The number of anilines is 1. The van der Waals surface area contributed by atoms with Crippen LogP contribution in [0.15, 0.2) is 41.3 Å². The van der Waals surface area contributed by atoms with E-state index in [1.165, 1.54) is 0 Å². The van der Waals surface area contributed by atoms with Gasteiger partial charge in [0.25, 0.3) is 0 Å². The lowest BCUT2D eigenvalue weighted by atomic mass is 9.96. The van der Waals surface area contributed by atoms with E-state index in [1.807, 2.05) is 51.1 Å². The van der Waals surface area contributed by atoms with E-state index >= 15 is 0 Å². The van der Waals surface area contributed by atoms with Crippen molar-refractivity contribution in [1.29, 1.82) is 0 Å². The summed E-state index contributed by atoms with van der Waals surface area (Å²) in [7, 11) is 0. The van der Waals surface area contributed by atoms with Gasteiger partial charge in [-0.25, -0.2) is 14.2 Å². The molecule has 4 aromatic rings. The quantitative estimate of drug-likeness (QED) is 0.488. The number of hydrogen-bond donors (Lipinski definition) is 1. The number of benzene rings is 1. The minimum Gasteiger partial charge on any atom is -0.381 e. The fourth-order valence-electron chi connectivity index (χ4n) is 4.24. The Labute approximate surface area is 196 Å². The monoisotopic (exact) mass is 466 g/mol. The lowest BCUT2D eigenvalue weighted by molar-refractivity contribution is 0.0904. The van der Waals surface area contributed by atoms with Crippen LogP contribution in [0.25, 0.3) is 16.7 Å². The molecule has 1 saturated heterocycles. The van der Waals surface area contributed by atoms with Crippen molar-refractivity contribution in [2.45, 2.75) is 51.6 Å². The van der Waals surface area contributed by atoms with Crippen LogP contribution in [-0.4, -0.2) is 43.4 Å². The van der Waals surface area contributed by atoms with Crippen LogP contribution in [0.2, 0.25) is 5.02 Å². The van der Waals surface area contributed by atoms with Gasteiger partial charge >= 0.3 is 5.69 Å². The maximum Gasteiger partial charge on any atom is 0.336 e. The zero-order valence-electron chi connectivity index (χ0n) is 19.0. The third-order valence-electron chi connectivity index (χ3n) is 5.97. The number of halogens is 1. The summed E-state index contributed by atoms with van der Waals surface area (Å²) in [5, 5.41) is 12.9. The fraction of sp³-hybridized carbons (Fsp3) is 0.417. The normalized spacial score (nSPS) is 15.4. The summed E-state index contributed by atoms with van der Waals surface area (Å²) < 4.78 is 8.80. The molecule has 33 heavy (non-hydrogen) atoms. The number of pyridine rings is 1. The highest BCUT2D eigenvalue weighted by Gasteiger charge is 2.26. The molecule has 3 aromatic heterocycles. The largest absolute Gasteiger partial charge is 0.381 e. The van der Waals surface area contributed by atoms with Gasteiger partial charge < -0.3 is 10.1 Å². The maximum absolute atomic E-state index is 13.8. The lowest BCUT2D eigenvalue weighted by Crippen LogP contribution is -2.32. The Kier molecular flexibility index (Phi) is 5.58. The Morgan fingerprint density at radius 3 is 2.58 bits per heavy atom. The van der Waals surface area contributed by atoms with Crippen LogP contribution in [0.5, 0.6) is 0 Å². The zero-order chi connectivity index (χ0) is 23.2. The van der Waals surface area contributed by atoms with Crippen molar-refractivity contribution in [3.8, 4) is 0 Å². The number of hydrogen-bond acceptors (Lipinski definition) is 6. The molecular weight excluding hydrogens is 440 g/mol. The van der Waals surface area contributed by atoms with Crippen LogP contribution in [0.1, 0.15) is 45.0 Å². The van der Waals surface area contributed by atoms with E-state index in [2.05, 4.69) is 15.5 Å². The molecule has 1 fully saturated rings. The molecule has 1 aliphatic rings. The molecule has 1 aliphatic heterocycles. The molecule has 1 N–H and O–H groups in total. The highest BCUT2D eigenvalue weighted by atomic mass is 35.5. The van der Waals surface area contributed by atoms with Crippen molar-refractivity contribution in [2.24, 2.45) is 0 Å². The molecular formula is C24H27ClN6O2. The van der Waals surface area contributed by atoms with Gasteiger partial charge in [-0.3, -0.25) is 4.57 Å². The number of rotatable bonds is 4. The average molecular weight is 467 g/mol. The number of nitrogens with zero attached hydrogens (tertiary/aromatic N) is 5. The summed E-state index contributed by atoms with van der Waals surface area (Å²) in [5.74, 6) is 0.612. The number of aromatic nitrogens is 5. The van der Waals surface area contributed by atoms with E-state index in [0.717, 1.165) is 37.3 Å². The summed E-state index contributed by atoms with van der Waals surface area (Å²) in [6.45, 7) is 7.93. The second kappa shape index (κ2) is 8.43. The van der Waals surface area contributed by atoms with Crippen LogP contribution < -0.4 is 11.0 Å². The Balaban J connectivity index is 1.70. The molecule has 4 heterocycles. The van der Waals surface area contributed by atoms with Gasteiger partial charge in [0.15, 0.2) is 5.65 Å². The van der Waals surface area contributed by atoms with Gasteiger partial charge in [-0.1, -0.05) is 44.5 Å². The second-order valence-corrected chi connectivity index (χ2v) is 9.99. The Morgan fingerprint density at radius 1 is 1.15 bits per heavy atom. The van der Waals surface area contributed by atoms with Gasteiger partial charge in [0.05, 0.1) is 23.9 Å². The van der Waals surface area contributed by atoms with E-state index in [1.54, 1.807) is 15.2 Å². The van der Waals surface area contributed by atoms with Gasteiger partial charge in [-0.05, 0) is 36.6 Å². The summed E-state index contributed by atoms with van der Waals surface area (Å²) in [6, 6.07) is 9.83. The van der Waals surface area contributed by atoms with Crippen LogP contribution in [0.4, 0.5) is 5.69 Å². The Hall–Kier alpha value is -2.97. The second-order valence-electron chi connectivity index (χ2n) is 9.55. The molecule has 0 atom stereocenters. The van der Waals surface area contributed by atoms with Crippen molar-refractivity contribution < 1.29 is 4.74 Å². The molecule has 0 saturated carbocycles. The Morgan fingerprint density at radius 2 is 1.88 bits per heavy atom. The topological polar surface area (TPSA) is 86.3 Å². The van der Waals surface area contributed by atoms with Crippen molar-refractivity contribution in [3.05, 3.63) is 63.4 Å². The van der Waals surface area contributed by atoms with Crippen LogP contribution in [0.3, 0.4) is 0 Å². The molecule has 172 valence electrons. The highest BCUT2D eigenvalue weighted by molar-refractivity contribution is 6.30. The Bertz CT molecular complexity index is 1360. The first-order valence-corrected chi connectivity index (χ1v) is 11.6. The predicted molar refractivity (Wildman–Crippen MR) is 129 cm³/mol. The molecule has 0 radical (unpaired) electrons. The van der Waals surface area contributed by atoms with E-state index in [0.29, 0.717) is 40.1 Å². The standard InChI is InChI=1S/C24H27ClN6O2/c1-24(2,3)22-29-28-21-20-19(12-18(13-26-20)27-17-8-10-33-11-9-17)30(23(32)31(21)22)14-15-4-6-16(25)7-5-15/h4-7,12-13,17,27H,8-11,14H2,1-3H3. The third kappa shape index (κ3) is 4.20. The SMILES string of the molecule is CC(C)(C)c1nnc2c3ncc(NC4CCOCC4)cc3n(Cc3ccc(Cl)cc3)c(=O)n12. The smallest absolute Gasteiger partial charge is 0.336 e. The van der Waals surface area contributed by atoms with E-state index in [-0.39, 0.29) is 11.1 Å². The minimum atomic E-state index is -0.352. The van der Waals surface area contributed by atoms with Gasteiger partial charge in [-0.15, -0.1) is 10.2 Å². The molecule has 0 spiro atoms. The first-order valence-electron chi connectivity index (χ1n) is 11.2. The van der Waals surface area contributed by atoms with Crippen molar-refractivity contribution in [2.75, 3.05) is 18.5 Å². The number of nitrogens with one attached hydrogen (secondary N) is 1. The highest BCUT2D eigenvalue weighted by Crippen LogP contribution is 2.25. The molecule has 0 aliphatic carbocycles. The van der Waals surface area contributed by atoms with E-state index in [9.17, 15) is 4.79 Å². The molecule has 1 aromatic carbocycles. The third-order valence-corrected chi connectivity index (χ3v) is 6.22. The van der Waals surface area contributed by atoms with Crippen molar-refractivity contribution >= 4 is 34.0 Å². The van der Waals surface area contributed by atoms with Gasteiger partial charge in [0, 0.05) is 29.7 Å². The molecule has 5 rings (SSSR count).